The van der Waals surface area contributed by atoms with Crippen LogP contribution < -0.4 is 10.6 Å². The van der Waals surface area contributed by atoms with E-state index in [9.17, 15) is 9.18 Å². The highest BCUT2D eigenvalue weighted by atomic mass is 19.1. The maximum absolute atomic E-state index is 13.2. The summed E-state index contributed by atoms with van der Waals surface area (Å²) in [6.07, 6.45) is 1.80. The Morgan fingerprint density at radius 2 is 2.28 bits per heavy atom. The summed E-state index contributed by atoms with van der Waals surface area (Å²) in [7, 11) is 0. The molecule has 4 nitrogen and oxygen atoms in total. The Morgan fingerprint density at radius 3 is 3.00 bits per heavy atom. The Hall–Kier alpha value is -1.75. The molecule has 0 unspecified atom stereocenters. The second-order valence-corrected chi connectivity index (χ2v) is 4.74. The molecule has 1 aromatic carbocycles. The highest BCUT2D eigenvalue weighted by molar-refractivity contribution is 6.46. The number of piperidine rings is 1. The van der Waals surface area contributed by atoms with Crippen LogP contribution in [-0.4, -0.2) is 30.4 Å². The number of aliphatic imine (C=N–C) groups is 1. The summed E-state index contributed by atoms with van der Waals surface area (Å²) in [6, 6.07) is 5.99. The molecule has 0 radical (unpaired) electrons. The van der Waals surface area contributed by atoms with Crippen molar-refractivity contribution in [2.24, 2.45) is 4.99 Å². The van der Waals surface area contributed by atoms with E-state index < -0.39 is 5.66 Å². The minimum Gasteiger partial charge on any atom is -0.325 e. The number of rotatable bonds is 1. The zero-order valence-corrected chi connectivity index (χ0v) is 9.87. The van der Waals surface area contributed by atoms with Crippen LogP contribution in [0.3, 0.4) is 0 Å². The summed E-state index contributed by atoms with van der Waals surface area (Å²) in [6.45, 7) is 1.58. The molecule has 0 saturated carbocycles. The molecule has 0 bridgehead atoms. The molecule has 1 atom stereocenters. The Balaban J connectivity index is 1.96. The van der Waals surface area contributed by atoms with Gasteiger partial charge in [-0.2, -0.15) is 0 Å². The van der Waals surface area contributed by atoms with Crippen molar-refractivity contribution in [3.8, 4) is 0 Å². The first-order valence-corrected chi connectivity index (χ1v) is 6.08. The molecular weight excluding hydrogens is 233 g/mol. The number of nitrogens with zero attached hydrogens (tertiary/aromatic N) is 1. The molecule has 5 heteroatoms. The third kappa shape index (κ3) is 1.90. The number of carbonyl (C=O) groups excluding carboxylic acids is 1. The molecule has 94 valence electrons. The van der Waals surface area contributed by atoms with Crippen molar-refractivity contribution in [1.29, 1.82) is 0 Å². The van der Waals surface area contributed by atoms with Crippen LogP contribution in [0.4, 0.5) is 4.39 Å². The zero-order chi connectivity index (χ0) is 12.6. The third-order valence-corrected chi connectivity index (χ3v) is 3.35. The molecule has 1 spiro atoms. The van der Waals surface area contributed by atoms with E-state index in [1.807, 2.05) is 0 Å². The van der Waals surface area contributed by atoms with Gasteiger partial charge in [0.25, 0.3) is 5.91 Å². The van der Waals surface area contributed by atoms with Crippen molar-refractivity contribution in [3.05, 3.63) is 35.6 Å². The van der Waals surface area contributed by atoms with Crippen LogP contribution in [-0.2, 0) is 4.79 Å². The van der Waals surface area contributed by atoms with Gasteiger partial charge in [-0.1, -0.05) is 12.1 Å². The van der Waals surface area contributed by atoms with Gasteiger partial charge in [0.05, 0.1) is 0 Å². The van der Waals surface area contributed by atoms with Crippen molar-refractivity contribution in [2.75, 3.05) is 13.1 Å². The molecule has 2 N–H and O–H groups in total. The average Bonchev–Trinajstić information content (AvgIpc) is 2.67. The molecular formula is C13H14FN3O. The van der Waals surface area contributed by atoms with E-state index in [0.29, 0.717) is 17.8 Å². The van der Waals surface area contributed by atoms with E-state index in [2.05, 4.69) is 15.6 Å². The molecule has 1 aromatic rings. The van der Waals surface area contributed by atoms with Gasteiger partial charge in [-0.3, -0.25) is 4.79 Å². The lowest BCUT2D eigenvalue weighted by Gasteiger charge is -2.30. The first kappa shape index (κ1) is 11.3. The van der Waals surface area contributed by atoms with Crippen molar-refractivity contribution in [3.63, 3.8) is 0 Å². The highest BCUT2D eigenvalue weighted by Gasteiger charge is 2.40. The Kier molecular flexibility index (Phi) is 2.63. The van der Waals surface area contributed by atoms with Gasteiger partial charge in [0.2, 0.25) is 0 Å². The molecule has 1 fully saturated rings. The topological polar surface area (TPSA) is 53.5 Å². The van der Waals surface area contributed by atoms with E-state index in [0.717, 1.165) is 19.4 Å². The van der Waals surface area contributed by atoms with E-state index in [1.54, 1.807) is 12.1 Å². The maximum atomic E-state index is 13.2. The second kappa shape index (κ2) is 4.17. The summed E-state index contributed by atoms with van der Waals surface area (Å²) >= 11 is 0. The largest absolute Gasteiger partial charge is 0.325 e. The normalized spacial score (nSPS) is 27.2. The number of carbonyl (C=O) groups is 1. The summed E-state index contributed by atoms with van der Waals surface area (Å²) in [5.41, 5.74) is 0.338. The van der Waals surface area contributed by atoms with Gasteiger partial charge in [-0.05, 0) is 31.5 Å². The molecule has 1 amide bonds. The lowest BCUT2D eigenvalue weighted by molar-refractivity contribution is -0.115. The standard InChI is InChI=1S/C13H14FN3O/c14-10-4-1-3-9(7-10)11-12(18)17-13(16-11)5-2-6-15-8-13/h1,3-4,7,15H,2,5-6,8H2,(H,17,18)/t13-/m0/s1. The van der Waals surface area contributed by atoms with Crippen molar-refractivity contribution in [2.45, 2.75) is 18.5 Å². The summed E-state index contributed by atoms with van der Waals surface area (Å²) < 4.78 is 13.2. The predicted molar refractivity (Wildman–Crippen MR) is 65.9 cm³/mol. The molecule has 18 heavy (non-hydrogen) atoms. The van der Waals surface area contributed by atoms with Gasteiger partial charge in [0.1, 0.15) is 17.2 Å². The number of nitrogens with one attached hydrogen (secondary N) is 2. The van der Waals surface area contributed by atoms with Gasteiger partial charge in [0.15, 0.2) is 0 Å². The molecule has 2 aliphatic rings. The fourth-order valence-electron chi connectivity index (χ4n) is 2.49. The van der Waals surface area contributed by atoms with E-state index >= 15 is 0 Å². The zero-order valence-electron chi connectivity index (χ0n) is 9.87. The minimum atomic E-state index is -0.531. The number of amides is 1. The quantitative estimate of drug-likeness (QED) is 0.772. The SMILES string of the molecule is O=C1N[C@]2(CCCNC2)N=C1c1cccc(F)c1. The predicted octanol–water partition coefficient (Wildman–Crippen LogP) is 0.824. The van der Waals surface area contributed by atoms with Crippen molar-refractivity contribution in [1.82, 2.24) is 10.6 Å². The van der Waals surface area contributed by atoms with Gasteiger partial charge in [-0.25, -0.2) is 9.38 Å². The fraction of sp³-hybridized carbons (Fsp3) is 0.385. The Morgan fingerprint density at radius 1 is 1.39 bits per heavy atom. The van der Waals surface area contributed by atoms with Crippen molar-refractivity contribution < 1.29 is 9.18 Å². The molecule has 1 saturated heterocycles. The average molecular weight is 247 g/mol. The summed E-state index contributed by atoms with van der Waals surface area (Å²) in [4.78, 5) is 16.5. The summed E-state index contributed by atoms with van der Waals surface area (Å²) in [5.74, 6) is -0.574. The number of halogens is 1. The van der Waals surface area contributed by atoms with Crippen LogP contribution in [0, 0.1) is 5.82 Å². The van der Waals surface area contributed by atoms with E-state index in [1.165, 1.54) is 12.1 Å². The summed E-state index contributed by atoms with van der Waals surface area (Å²) in [5, 5.41) is 6.14. The number of hydrogen-bond donors (Lipinski definition) is 2. The number of benzene rings is 1. The molecule has 0 aromatic heterocycles. The monoisotopic (exact) mass is 247 g/mol. The molecule has 2 aliphatic heterocycles. The van der Waals surface area contributed by atoms with Gasteiger partial charge in [0, 0.05) is 12.1 Å². The molecule has 0 aliphatic carbocycles. The maximum Gasteiger partial charge on any atom is 0.272 e. The van der Waals surface area contributed by atoms with Gasteiger partial charge < -0.3 is 10.6 Å². The Bertz CT molecular complexity index is 521. The van der Waals surface area contributed by atoms with Crippen LogP contribution >= 0.6 is 0 Å². The lowest BCUT2D eigenvalue weighted by Crippen LogP contribution is -2.53. The first-order valence-electron chi connectivity index (χ1n) is 6.08. The highest BCUT2D eigenvalue weighted by Crippen LogP contribution is 2.24. The minimum absolute atomic E-state index is 0.218. The number of hydrogen-bond acceptors (Lipinski definition) is 3. The van der Waals surface area contributed by atoms with Crippen LogP contribution in [0.15, 0.2) is 29.3 Å². The van der Waals surface area contributed by atoms with Gasteiger partial charge in [-0.15, -0.1) is 0 Å². The van der Waals surface area contributed by atoms with E-state index in [-0.39, 0.29) is 11.7 Å². The first-order chi connectivity index (χ1) is 8.69. The van der Waals surface area contributed by atoms with Crippen molar-refractivity contribution >= 4 is 11.6 Å². The lowest BCUT2D eigenvalue weighted by atomic mass is 10.0. The van der Waals surface area contributed by atoms with E-state index in [4.69, 9.17) is 0 Å². The molecule has 3 rings (SSSR count). The van der Waals surface area contributed by atoms with Crippen LogP contribution in [0.1, 0.15) is 18.4 Å². The van der Waals surface area contributed by atoms with Crippen LogP contribution in [0.2, 0.25) is 0 Å². The molecule has 2 heterocycles. The van der Waals surface area contributed by atoms with Crippen LogP contribution in [0.5, 0.6) is 0 Å². The Labute approximate surface area is 104 Å². The fourth-order valence-corrected chi connectivity index (χ4v) is 2.49. The second-order valence-electron chi connectivity index (χ2n) is 4.74. The van der Waals surface area contributed by atoms with Crippen LogP contribution in [0.25, 0.3) is 0 Å². The third-order valence-electron chi connectivity index (χ3n) is 3.35. The van der Waals surface area contributed by atoms with Gasteiger partial charge >= 0.3 is 0 Å². The smallest absolute Gasteiger partial charge is 0.272 e.